The fraction of sp³-hybridized carbons (Fsp3) is 1.00. The Morgan fingerprint density at radius 3 is 0.685 bits per heavy atom. The summed E-state index contributed by atoms with van der Waals surface area (Å²) >= 11 is 0. The lowest BCUT2D eigenvalue weighted by Crippen LogP contribution is -2.68. The van der Waals surface area contributed by atoms with Gasteiger partial charge < -0.3 is 269 Å². The Hall–Kier alpha value is -2.16. The summed E-state index contributed by atoms with van der Waals surface area (Å²) in [5, 5.41) is 371. The van der Waals surface area contributed by atoms with Crippen molar-refractivity contribution < 1.29 is 269 Å². The molecule has 22 unspecified atom stereocenters. The number of ether oxygens (including phenoxy) is 19. The van der Waals surface area contributed by atoms with Crippen LogP contribution in [0, 0.1) is 11.8 Å². The van der Waals surface area contributed by atoms with Crippen LogP contribution in [0.5, 0.6) is 0 Å². The van der Waals surface area contributed by atoms with Gasteiger partial charge in [0, 0.05) is 19.6 Å². The largest absolute Gasteiger partial charge is 0.396 e. The van der Waals surface area contributed by atoms with Gasteiger partial charge in [-0.25, -0.2) is 0 Å². The third-order valence-electron chi connectivity index (χ3n) is 24.3. The molecule has 726 valence electrons. The van der Waals surface area contributed by atoms with E-state index in [1.54, 1.807) is 0 Å². The van der Waals surface area contributed by atoms with E-state index in [4.69, 9.17) is 90.0 Å². The van der Waals surface area contributed by atoms with E-state index in [0.29, 0.717) is 0 Å². The second-order valence-electron chi connectivity index (χ2n) is 32.2. The molecule has 0 aromatic carbocycles. The van der Waals surface area contributed by atoms with Crippen molar-refractivity contribution in [1.29, 1.82) is 0 Å². The summed E-state index contributed by atoms with van der Waals surface area (Å²) in [4.78, 5) is 0. The van der Waals surface area contributed by atoms with Gasteiger partial charge in [-0.3, -0.25) is 0 Å². The van der Waals surface area contributed by atoms with Gasteiger partial charge >= 0.3 is 0 Å². The highest BCUT2D eigenvalue weighted by atomic mass is 16.8. The molecule has 0 amide bonds. The van der Waals surface area contributed by atoms with Crippen molar-refractivity contribution >= 4 is 0 Å². The maximum absolute atomic E-state index is 11.7. The van der Waals surface area contributed by atoms with Gasteiger partial charge in [-0.2, -0.15) is 0 Å². The molecule has 11 rings (SSSR count). The molecule has 10 heterocycles. The van der Waals surface area contributed by atoms with Crippen molar-refractivity contribution in [1.82, 2.24) is 0 Å². The Balaban J connectivity index is 0.000000297. The fourth-order valence-corrected chi connectivity index (χ4v) is 16.8. The van der Waals surface area contributed by atoms with Crippen LogP contribution in [0.1, 0.15) is 26.2 Å². The smallest absolute Gasteiger partial charge is 0.187 e. The minimum Gasteiger partial charge on any atom is -0.396 e. The Morgan fingerprint density at radius 1 is 0.194 bits per heavy atom. The second-order valence-corrected chi connectivity index (χ2v) is 32.2. The van der Waals surface area contributed by atoms with Crippen molar-refractivity contribution in [3.05, 3.63) is 0 Å². The van der Waals surface area contributed by atoms with Crippen LogP contribution in [0.4, 0.5) is 0 Å². The Labute approximate surface area is 703 Å². The monoisotopic (exact) mass is 1830 g/mol. The van der Waals surface area contributed by atoms with E-state index in [-0.39, 0.29) is 19.3 Å². The summed E-state index contributed by atoms with van der Waals surface area (Å²) < 4.78 is 105. The molecule has 35 N–H and O–H groups in total. The van der Waals surface area contributed by atoms with E-state index in [1.807, 2.05) is 0 Å². The first-order chi connectivity index (χ1) is 58.8. The molecule has 0 spiro atoms. The van der Waals surface area contributed by atoms with Gasteiger partial charge in [0.2, 0.25) is 0 Å². The van der Waals surface area contributed by atoms with Crippen molar-refractivity contribution in [3.63, 3.8) is 0 Å². The normalized spacial score (nSPS) is 53.0. The van der Waals surface area contributed by atoms with Crippen LogP contribution in [-0.4, -0.2) is 577 Å². The topological polar surface area (TPSA) is 883 Å². The van der Waals surface area contributed by atoms with E-state index in [1.165, 1.54) is 6.92 Å². The predicted molar refractivity (Wildman–Crippen MR) is 380 cm³/mol. The number of rotatable bonds is 30. The minimum absolute atomic E-state index is 0.0183. The summed E-state index contributed by atoms with van der Waals surface area (Å²) in [6, 6.07) is 0. The molecule has 54 heteroatoms. The van der Waals surface area contributed by atoms with E-state index in [2.05, 4.69) is 0 Å². The Morgan fingerprint density at radius 2 is 0.411 bits per heavy atom. The highest BCUT2D eigenvalue weighted by molar-refractivity contribution is 5.04. The molecule has 1 aliphatic carbocycles. The Bertz CT molecular complexity index is 3120. The molecule has 0 bridgehead atoms. The van der Waals surface area contributed by atoms with Crippen LogP contribution in [0.3, 0.4) is 0 Å². The van der Waals surface area contributed by atoms with Crippen molar-refractivity contribution in [3.8, 4) is 0 Å². The lowest BCUT2D eigenvalue weighted by Gasteiger charge is -2.50. The van der Waals surface area contributed by atoms with Crippen molar-refractivity contribution in [2.24, 2.45) is 11.8 Å². The molecule has 11 fully saturated rings. The van der Waals surface area contributed by atoms with Gasteiger partial charge in [0.1, 0.15) is 244 Å². The lowest BCUT2D eigenvalue weighted by molar-refractivity contribution is -0.397. The summed E-state index contributed by atoms with van der Waals surface area (Å²) in [5.74, 6) is -1.42. The van der Waals surface area contributed by atoms with E-state index < -0.39 is 403 Å². The van der Waals surface area contributed by atoms with E-state index in [9.17, 15) is 179 Å². The molecular weight excluding hydrogens is 1700 g/mol. The average molecular weight is 1830 g/mol. The maximum Gasteiger partial charge on any atom is 0.187 e. The first kappa shape index (κ1) is 104. The van der Waals surface area contributed by atoms with Gasteiger partial charge in [0.15, 0.2) is 56.6 Å². The van der Waals surface area contributed by atoms with Gasteiger partial charge in [-0.15, -0.1) is 0 Å². The first-order valence-electron chi connectivity index (χ1n) is 40.2. The first-order valence-corrected chi connectivity index (χ1v) is 40.2. The summed E-state index contributed by atoms with van der Waals surface area (Å²) in [5.41, 5.74) is 0. The zero-order valence-electron chi connectivity index (χ0n) is 66.4. The average Bonchev–Trinajstić information content (AvgIpc) is 0.767. The molecule has 0 aromatic rings. The molecule has 124 heavy (non-hydrogen) atoms. The predicted octanol–water partition coefficient (Wildman–Crippen LogP) is -22.6. The molecule has 11 aliphatic rings. The number of aliphatic hydroxyl groups excluding tert-OH is 35. The van der Waals surface area contributed by atoms with Gasteiger partial charge in [-0.1, -0.05) is 0 Å². The third-order valence-corrected chi connectivity index (χ3v) is 24.3. The van der Waals surface area contributed by atoms with Gasteiger partial charge in [0.25, 0.3) is 0 Å². The summed E-state index contributed by atoms with van der Waals surface area (Å²) in [6.45, 7) is -7.27. The van der Waals surface area contributed by atoms with E-state index in [0.717, 1.165) is 7.11 Å². The van der Waals surface area contributed by atoms with Crippen molar-refractivity contribution in [2.45, 2.75) is 351 Å². The number of hydrogen-bond donors (Lipinski definition) is 35. The molecule has 10 saturated heterocycles. The number of methoxy groups -OCH3 is 1. The number of aliphatic hydroxyl groups is 35. The summed E-state index contributed by atoms with van der Waals surface area (Å²) in [6.07, 6.45) is -95.3. The standard InChI is InChI=1S/C45H78O33.C25H44O21/c1-11-20(52)36(24(56)14(68-11)3-2-12-4-13(5-46)22(54)29(61)21(12)53)74-42-33(65)38(26(58)17(8-49)70-42)76-44-35(67)40(28(60)19(10-51)72-44)78-45-34(66)39(27(59)18(9-50)73-45)77-43-32(64)37(25(57)16(7-48)71-43)75-41-31(63)30(62)23(55)15(6-47)69-41;1-39-18-10(30)7(3-27)41-23(15(18)35)45-20-12(32)9(5-29)43-25(17(20)37)46-21-13(33)8(4-28)42-24(16(21)36)44-19-11(31)6(2-26)40-22(38)14(19)34/h11-67H,2-10H2,1H3;6-38H,2-5H2,1H3/t11-,12+,13?,14?,15?,16?,17?,18?,19?,20?,21?,22+,23+,24+,25+,26+,27+,28+,29+,30-,31?,32?,33?,34?,35?,36+,37-,38-,39-,40-,41-,42-,43-,44-,45-;6?,7?,8?,9?,10-,11-,12-,13-,14?,15?,16?,17?,18+,19+,20+,21+,22-,23+,24+,25+/m01/s1. The summed E-state index contributed by atoms with van der Waals surface area (Å²) in [7, 11) is 1.16. The highest BCUT2D eigenvalue weighted by Crippen LogP contribution is 2.42. The third kappa shape index (κ3) is 22.1. The molecule has 1 saturated carbocycles. The zero-order valence-corrected chi connectivity index (χ0v) is 66.4. The van der Waals surface area contributed by atoms with Crippen LogP contribution in [0.2, 0.25) is 0 Å². The molecule has 54 nitrogen and oxygen atoms in total. The molecular formula is C70H122O54. The van der Waals surface area contributed by atoms with Crippen LogP contribution in [-0.2, 0) is 90.0 Å². The Kier molecular flexibility index (Phi) is 38.3. The van der Waals surface area contributed by atoms with Crippen LogP contribution in [0.15, 0.2) is 0 Å². The van der Waals surface area contributed by atoms with Crippen LogP contribution < -0.4 is 0 Å². The van der Waals surface area contributed by atoms with Gasteiger partial charge in [-0.05, 0) is 32.1 Å². The minimum atomic E-state index is -2.27. The van der Waals surface area contributed by atoms with Crippen molar-refractivity contribution in [2.75, 3.05) is 73.2 Å². The quantitative estimate of drug-likeness (QED) is 0.0318. The second kappa shape index (κ2) is 45.7. The van der Waals surface area contributed by atoms with Gasteiger partial charge in [0.05, 0.1) is 83.9 Å². The fourth-order valence-electron chi connectivity index (χ4n) is 16.8. The molecule has 0 aromatic heterocycles. The number of hydrogen-bond acceptors (Lipinski definition) is 54. The zero-order chi connectivity index (χ0) is 91.4. The highest BCUT2D eigenvalue weighted by Gasteiger charge is 2.61. The molecule has 0 radical (unpaired) electrons. The maximum atomic E-state index is 11.7. The molecule has 10 aliphatic heterocycles. The van der Waals surface area contributed by atoms with E-state index >= 15 is 0 Å². The van der Waals surface area contributed by atoms with Crippen LogP contribution >= 0.6 is 0 Å². The SMILES string of the molecule is CO[C@@H]1C(O)[C@H](O[C@@H]2C(O)[C@H](O[C@@H]3C(O)[C@H](O[C@@H]4C(O)[C@H](O)OC(CO)[C@H]4O)OC(CO)[C@H]3O)OC(CO)[C@H]2O)OC(CO)[C@H]1O.C[C@@H]1OC(CC[C@@H]2CC(CO)[C@@H](O)[C@H](O)C2O)[C@@H](O)[C@H](O[C@@H]2OC(CO)[C@@H](O)[C@H](O[C@@H]3OC(CO)[C@@H](O)[C@H](O[C@@H]4OC(CO)[C@@H](O)[C@H](O[C@@H]5OC(CO)[C@@H](O)[C@H](O[C@@H]6OC(CO)[C@@H](O)[C@H](O)C6O)C5O)C4O)C3O)C2O)C1O. The van der Waals surface area contributed by atoms with Crippen LogP contribution in [0.25, 0.3) is 0 Å². The molecule has 55 atom stereocenters. The lowest BCUT2D eigenvalue weighted by atomic mass is 9.73.